The molecule has 0 bridgehead atoms. The summed E-state index contributed by atoms with van der Waals surface area (Å²) in [6, 6.07) is 6.39. The first kappa shape index (κ1) is 14.2. The van der Waals surface area contributed by atoms with Gasteiger partial charge in [-0.3, -0.25) is 0 Å². The van der Waals surface area contributed by atoms with E-state index in [1.807, 2.05) is 12.1 Å². The lowest BCUT2D eigenvalue weighted by Crippen LogP contribution is -2.39. The maximum atomic E-state index is 9.64. The number of phenolic OH excluding ortho intramolecular Hbond substituents is 1. The molecule has 1 aliphatic rings. The summed E-state index contributed by atoms with van der Waals surface area (Å²) in [5, 5.41) is 13.4. The Morgan fingerprint density at radius 2 is 2.16 bits per heavy atom. The molecular formula is C16H25NO2. The van der Waals surface area contributed by atoms with Gasteiger partial charge >= 0.3 is 0 Å². The second-order valence-electron chi connectivity index (χ2n) is 6.25. The van der Waals surface area contributed by atoms with E-state index in [9.17, 15) is 5.11 Å². The molecule has 3 heteroatoms. The molecule has 0 aromatic heterocycles. The maximum absolute atomic E-state index is 9.64. The molecule has 1 saturated carbocycles. The van der Waals surface area contributed by atoms with Crippen LogP contribution in [0.2, 0.25) is 0 Å². The van der Waals surface area contributed by atoms with Gasteiger partial charge in [0.15, 0.2) is 11.5 Å². The zero-order chi connectivity index (χ0) is 14.0. The van der Waals surface area contributed by atoms with Gasteiger partial charge in [0, 0.05) is 12.1 Å². The molecule has 0 heterocycles. The third kappa shape index (κ3) is 3.03. The van der Waals surface area contributed by atoms with Gasteiger partial charge in [-0.25, -0.2) is 0 Å². The summed E-state index contributed by atoms with van der Waals surface area (Å²) >= 11 is 0. The highest BCUT2D eigenvalue weighted by atomic mass is 16.5. The summed E-state index contributed by atoms with van der Waals surface area (Å²) in [6.07, 6.45) is 3.83. The van der Waals surface area contributed by atoms with Crippen LogP contribution in [-0.4, -0.2) is 18.3 Å². The summed E-state index contributed by atoms with van der Waals surface area (Å²) in [5.41, 5.74) is 1.52. The highest BCUT2D eigenvalue weighted by molar-refractivity contribution is 5.42. The molecule has 1 aromatic rings. The molecule has 0 radical (unpaired) electrons. The van der Waals surface area contributed by atoms with Crippen molar-refractivity contribution in [2.24, 2.45) is 5.41 Å². The van der Waals surface area contributed by atoms with Gasteiger partial charge in [0.2, 0.25) is 0 Å². The van der Waals surface area contributed by atoms with Crippen LogP contribution in [0.5, 0.6) is 11.5 Å². The van der Waals surface area contributed by atoms with E-state index in [1.54, 1.807) is 13.2 Å². The molecule has 0 aliphatic heterocycles. The fraction of sp³-hybridized carbons (Fsp3) is 0.625. The molecule has 2 unspecified atom stereocenters. The zero-order valence-corrected chi connectivity index (χ0v) is 12.4. The normalized spacial score (nSPS) is 23.3. The van der Waals surface area contributed by atoms with Gasteiger partial charge in [-0.15, -0.1) is 0 Å². The number of hydrogen-bond donors (Lipinski definition) is 2. The fourth-order valence-corrected chi connectivity index (χ4v) is 3.00. The summed E-state index contributed by atoms with van der Waals surface area (Å²) in [6.45, 7) is 6.84. The van der Waals surface area contributed by atoms with Crippen molar-refractivity contribution in [1.82, 2.24) is 5.32 Å². The van der Waals surface area contributed by atoms with Crippen LogP contribution >= 0.6 is 0 Å². The lowest BCUT2D eigenvalue weighted by molar-refractivity contribution is 0.266. The van der Waals surface area contributed by atoms with E-state index in [-0.39, 0.29) is 11.8 Å². The van der Waals surface area contributed by atoms with E-state index in [0.717, 1.165) is 5.56 Å². The molecule has 1 aliphatic carbocycles. The lowest BCUT2D eigenvalue weighted by atomic mass is 9.86. The SMILES string of the molecule is COc1cc(C(C)NC2CCCC2(C)C)ccc1O. The van der Waals surface area contributed by atoms with Crippen LogP contribution in [0, 0.1) is 5.41 Å². The van der Waals surface area contributed by atoms with E-state index in [1.165, 1.54) is 19.3 Å². The van der Waals surface area contributed by atoms with E-state index in [0.29, 0.717) is 17.2 Å². The summed E-state index contributed by atoms with van der Waals surface area (Å²) in [7, 11) is 1.58. The van der Waals surface area contributed by atoms with Gasteiger partial charge in [-0.1, -0.05) is 26.3 Å². The molecule has 2 N–H and O–H groups in total. The molecule has 0 saturated heterocycles. The zero-order valence-electron chi connectivity index (χ0n) is 12.4. The Morgan fingerprint density at radius 1 is 1.42 bits per heavy atom. The largest absolute Gasteiger partial charge is 0.504 e. The van der Waals surface area contributed by atoms with Gasteiger partial charge in [-0.2, -0.15) is 0 Å². The molecule has 2 atom stereocenters. The minimum Gasteiger partial charge on any atom is -0.504 e. The van der Waals surface area contributed by atoms with Gasteiger partial charge in [0.05, 0.1) is 7.11 Å². The molecule has 3 nitrogen and oxygen atoms in total. The van der Waals surface area contributed by atoms with Crippen LogP contribution in [0.1, 0.15) is 51.6 Å². The van der Waals surface area contributed by atoms with Crippen molar-refractivity contribution >= 4 is 0 Å². The van der Waals surface area contributed by atoms with Crippen LogP contribution in [0.25, 0.3) is 0 Å². The summed E-state index contributed by atoms with van der Waals surface area (Å²) < 4.78 is 5.17. The molecule has 19 heavy (non-hydrogen) atoms. The minimum atomic E-state index is 0.194. The average molecular weight is 263 g/mol. The van der Waals surface area contributed by atoms with Crippen molar-refractivity contribution in [2.45, 2.75) is 52.1 Å². The van der Waals surface area contributed by atoms with Crippen LogP contribution in [-0.2, 0) is 0 Å². The number of phenols is 1. The smallest absolute Gasteiger partial charge is 0.160 e. The van der Waals surface area contributed by atoms with E-state index >= 15 is 0 Å². The Labute approximate surface area is 116 Å². The lowest BCUT2D eigenvalue weighted by Gasteiger charge is -2.31. The molecule has 1 aromatic carbocycles. The predicted octanol–water partition coefficient (Wildman–Crippen LogP) is 3.63. The van der Waals surface area contributed by atoms with Crippen LogP contribution in [0.3, 0.4) is 0 Å². The van der Waals surface area contributed by atoms with Crippen LogP contribution < -0.4 is 10.1 Å². The number of benzene rings is 1. The first-order valence-electron chi connectivity index (χ1n) is 7.07. The van der Waals surface area contributed by atoms with Gasteiger partial charge in [-0.05, 0) is 42.9 Å². The molecular weight excluding hydrogens is 238 g/mol. The maximum Gasteiger partial charge on any atom is 0.160 e. The van der Waals surface area contributed by atoms with E-state index < -0.39 is 0 Å². The standard InChI is InChI=1S/C16H25NO2/c1-11(17-15-6-5-9-16(15,2)3)12-7-8-13(18)14(10-12)19-4/h7-8,10-11,15,17-18H,5-6,9H2,1-4H3. The number of aromatic hydroxyl groups is 1. The van der Waals surface area contributed by atoms with E-state index in [4.69, 9.17) is 4.74 Å². The number of ether oxygens (including phenoxy) is 1. The van der Waals surface area contributed by atoms with Crippen molar-refractivity contribution in [3.63, 3.8) is 0 Å². The fourth-order valence-electron chi connectivity index (χ4n) is 3.00. The Hall–Kier alpha value is -1.22. The molecule has 0 spiro atoms. The van der Waals surface area contributed by atoms with Gasteiger partial charge in [0.25, 0.3) is 0 Å². The van der Waals surface area contributed by atoms with Crippen LogP contribution in [0.4, 0.5) is 0 Å². The van der Waals surface area contributed by atoms with Crippen molar-refractivity contribution in [2.75, 3.05) is 7.11 Å². The minimum absolute atomic E-state index is 0.194. The third-order valence-corrected chi connectivity index (χ3v) is 4.41. The van der Waals surface area contributed by atoms with Crippen molar-refractivity contribution in [3.8, 4) is 11.5 Å². The highest BCUT2D eigenvalue weighted by Crippen LogP contribution is 2.38. The van der Waals surface area contributed by atoms with Crippen LogP contribution in [0.15, 0.2) is 18.2 Å². The van der Waals surface area contributed by atoms with E-state index in [2.05, 4.69) is 26.1 Å². The number of methoxy groups -OCH3 is 1. The molecule has 106 valence electrons. The van der Waals surface area contributed by atoms with Gasteiger partial charge in [0.1, 0.15) is 0 Å². The second kappa shape index (κ2) is 5.41. The Kier molecular flexibility index (Phi) is 4.04. The second-order valence-corrected chi connectivity index (χ2v) is 6.25. The monoisotopic (exact) mass is 263 g/mol. The van der Waals surface area contributed by atoms with Crippen molar-refractivity contribution in [1.29, 1.82) is 0 Å². The van der Waals surface area contributed by atoms with Crippen molar-refractivity contribution < 1.29 is 9.84 Å². The summed E-state index contributed by atoms with van der Waals surface area (Å²) in [4.78, 5) is 0. The first-order chi connectivity index (χ1) is 8.94. The summed E-state index contributed by atoms with van der Waals surface area (Å²) in [5.74, 6) is 0.733. The number of nitrogens with one attached hydrogen (secondary N) is 1. The Bertz CT molecular complexity index is 442. The van der Waals surface area contributed by atoms with Gasteiger partial charge < -0.3 is 15.2 Å². The Morgan fingerprint density at radius 3 is 2.74 bits per heavy atom. The van der Waals surface area contributed by atoms with Crippen molar-refractivity contribution in [3.05, 3.63) is 23.8 Å². The topological polar surface area (TPSA) is 41.5 Å². The predicted molar refractivity (Wildman–Crippen MR) is 77.6 cm³/mol. The number of hydrogen-bond acceptors (Lipinski definition) is 3. The molecule has 0 amide bonds. The Balaban J connectivity index is 2.09. The number of rotatable bonds is 4. The quantitative estimate of drug-likeness (QED) is 0.871. The highest BCUT2D eigenvalue weighted by Gasteiger charge is 2.35. The first-order valence-corrected chi connectivity index (χ1v) is 7.07. The third-order valence-electron chi connectivity index (χ3n) is 4.41. The molecule has 2 rings (SSSR count). The average Bonchev–Trinajstić information content (AvgIpc) is 2.69. The molecule has 1 fully saturated rings.